The van der Waals surface area contributed by atoms with Gasteiger partial charge in [-0.05, 0) is 25.1 Å². The summed E-state index contributed by atoms with van der Waals surface area (Å²) in [7, 11) is 1.64. The number of hydrogen-bond acceptors (Lipinski definition) is 4. The Morgan fingerprint density at radius 2 is 1.81 bits per heavy atom. The van der Waals surface area contributed by atoms with Gasteiger partial charge >= 0.3 is 0 Å². The molecule has 0 bridgehead atoms. The minimum absolute atomic E-state index is 0.131. The number of aryl methyl sites for hydroxylation is 1. The summed E-state index contributed by atoms with van der Waals surface area (Å²) in [6, 6.07) is 12.4. The average molecular weight is 347 g/mol. The molecule has 4 rings (SSSR count). The molecule has 1 atom stereocenters. The van der Waals surface area contributed by atoms with E-state index in [0.717, 1.165) is 5.65 Å². The van der Waals surface area contributed by atoms with Crippen LogP contribution in [0.1, 0.15) is 29.1 Å². The highest BCUT2D eigenvalue weighted by atomic mass is 16.2. The Labute approximate surface area is 148 Å². The van der Waals surface area contributed by atoms with Crippen molar-refractivity contribution in [3.8, 4) is 0 Å². The zero-order chi connectivity index (χ0) is 18.3. The monoisotopic (exact) mass is 347 g/mol. The first kappa shape index (κ1) is 16.0. The van der Waals surface area contributed by atoms with Crippen molar-refractivity contribution in [2.24, 2.45) is 7.05 Å². The minimum Gasteiger partial charge on any atom is -0.342 e. The number of hydrogen-bond donors (Lipinski definition) is 1. The molecule has 0 fully saturated rings. The van der Waals surface area contributed by atoms with Crippen molar-refractivity contribution in [1.82, 2.24) is 24.5 Å². The highest BCUT2D eigenvalue weighted by molar-refractivity contribution is 6.06. The van der Waals surface area contributed by atoms with E-state index in [-0.39, 0.29) is 17.5 Å². The minimum atomic E-state index is -0.351. The van der Waals surface area contributed by atoms with Gasteiger partial charge in [0.2, 0.25) is 0 Å². The van der Waals surface area contributed by atoms with Crippen LogP contribution in [0.2, 0.25) is 0 Å². The summed E-state index contributed by atoms with van der Waals surface area (Å²) in [6.07, 6.45) is 3.42. The van der Waals surface area contributed by atoms with E-state index in [1.165, 1.54) is 4.57 Å². The third-order valence-corrected chi connectivity index (χ3v) is 4.41. The van der Waals surface area contributed by atoms with Crippen molar-refractivity contribution in [1.29, 1.82) is 0 Å². The van der Waals surface area contributed by atoms with E-state index < -0.39 is 0 Å². The SMILES string of the molecule is C[C@@H](NC(=O)c1cn(C)c(=O)c2ccccc12)c1nnc2ccccn12. The molecule has 0 radical (unpaired) electrons. The second-order valence-electron chi connectivity index (χ2n) is 6.19. The van der Waals surface area contributed by atoms with Gasteiger partial charge in [0, 0.05) is 30.2 Å². The smallest absolute Gasteiger partial charge is 0.258 e. The van der Waals surface area contributed by atoms with Crippen molar-refractivity contribution in [2.45, 2.75) is 13.0 Å². The Morgan fingerprint density at radius 1 is 1.08 bits per heavy atom. The third-order valence-electron chi connectivity index (χ3n) is 4.41. The second-order valence-corrected chi connectivity index (χ2v) is 6.19. The van der Waals surface area contributed by atoms with E-state index in [9.17, 15) is 9.59 Å². The molecule has 1 amide bonds. The van der Waals surface area contributed by atoms with Gasteiger partial charge in [-0.3, -0.25) is 14.0 Å². The molecule has 7 heteroatoms. The molecule has 0 saturated carbocycles. The lowest BCUT2D eigenvalue weighted by molar-refractivity contribution is 0.0939. The maximum atomic E-state index is 12.9. The molecule has 0 spiro atoms. The van der Waals surface area contributed by atoms with Crippen LogP contribution in [0.3, 0.4) is 0 Å². The lowest BCUT2D eigenvalue weighted by Gasteiger charge is -2.14. The summed E-state index contributed by atoms with van der Waals surface area (Å²) in [5.74, 6) is 0.375. The largest absolute Gasteiger partial charge is 0.342 e. The van der Waals surface area contributed by atoms with Crippen molar-refractivity contribution in [2.75, 3.05) is 0 Å². The number of rotatable bonds is 3. The van der Waals surface area contributed by atoms with Crippen LogP contribution in [-0.2, 0) is 7.05 Å². The number of pyridine rings is 2. The molecule has 0 aliphatic rings. The Bertz CT molecular complexity index is 1190. The molecule has 130 valence electrons. The van der Waals surface area contributed by atoms with E-state index >= 15 is 0 Å². The van der Waals surface area contributed by atoms with Gasteiger partial charge in [-0.25, -0.2) is 0 Å². The number of aromatic nitrogens is 4. The molecule has 0 aliphatic heterocycles. The first-order valence-corrected chi connectivity index (χ1v) is 8.25. The molecule has 3 aromatic heterocycles. The first-order valence-electron chi connectivity index (χ1n) is 8.25. The van der Waals surface area contributed by atoms with Crippen molar-refractivity contribution >= 4 is 22.3 Å². The number of nitrogens with one attached hydrogen (secondary N) is 1. The standard InChI is InChI=1S/C19H17N5O2/c1-12(17-22-21-16-9-5-6-10-24(16)17)20-18(25)15-11-23(2)19(26)14-8-4-3-7-13(14)15/h3-12H,1-2H3,(H,20,25)/t12-/m1/s1. The molecule has 1 aromatic carbocycles. The number of amides is 1. The van der Waals surface area contributed by atoms with Gasteiger partial charge in [0.25, 0.3) is 11.5 Å². The summed E-state index contributed by atoms with van der Waals surface area (Å²) in [5, 5.41) is 12.4. The van der Waals surface area contributed by atoms with Crippen molar-refractivity contribution < 1.29 is 4.79 Å². The van der Waals surface area contributed by atoms with Gasteiger partial charge in [0.1, 0.15) is 0 Å². The van der Waals surface area contributed by atoms with Gasteiger partial charge < -0.3 is 9.88 Å². The Morgan fingerprint density at radius 3 is 2.62 bits per heavy atom. The van der Waals surface area contributed by atoms with Gasteiger partial charge in [0.05, 0.1) is 11.6 Å². The number of carbonyl (C=O) groups excluding carboxylic acids is 1. The molecule has 1 N–H and O–H groups in total. The molecule has 4 aromatic rings. The normalized spacial score (nSPS) is 12.4. The summed E-state index contributed by atoms with van der Waals surface area (Å²) in [4.78, 5) is 25.1. The summed E-state index contributed by atoms with van der Waals surface area (Å²) in [5.41, 5.74) is 1.04. The van der Waals surface area contributed by atoms with Crippen LogP contribution in [0.4, 0.5) is 0 Å². The van der Waals surface area contributed by atoms with Crippen LogP contribution in [0.5, 0.6) is 0 Å². The quantitative estimate of drug-likeness (QED) is 0.615. The summed E-state index contributed by atoms with van der Waals surface area (Å²) in [6.45, 7) is 1.85. The number of carbonyl (C=O) groups is 1. The summed E-state index contributed by atoms with van der Waals surface area (Å²) >= 11 is 0. The zero-order valence-corrected chi connectivity index (χ0v) is 14.4. The van der Waals surface area contributed by atoms with E-state index in [1.54, 1.807) is 31.4 Å². The van der Waals surface area contributed by atoms with Crippen LogP contribution >= 0.6 is 0 Å². The van der Waals surface area contributed by atoms with Crippen LogP contribution in [0, 0.1) is 0 Å². The molecule has 0 saturated heterocycles. The predicted octanol–water partition coefficient (Wildman–Crippen LogP) is 2.07. The zero-order valence-electron chi connectivity index (χ0n) is 14.4. The van der Waals surface area contributed by atoms with E-state index in [4.69, 9.17) is 0 Å². The van der Waals surface area contributed by atoms with Crippen molar-refractivity contribution in [3.05, 3.63) is 76.6 Å². The fourth-order valence-electron chi connectivity index (χ4n) is 3.09. The topological polar surface area (TPSA) is 81.3 Å². The fraction of sp³-hybridized carbons (Fsp3) is 0.158. The Balaban J connectivity index is 1.72. The van der Waals surface area contributed by atoms with Crippen LogP contribution in [-0.4, -0.2) is 25.1 Å². The summed E-state index contributed by atoms with van der Waals surface area (Å²) < 4.78 is 3.26. The maximum absolute atomic E-state index is 12.9. The molecule has 3 heterocycles. The lowest BCUT2D eigenvalue weighted by Crippen LogP contribution is -2.30. The molecule has 26 heavy (non-hydrogen) atoms. The predicted molar refractivity (Wildman–Crippen MR) is 98.1 cm³/mol. The number of benzene rings is 1. The van der Waals surface area contributed by atoms with Gasteiger partial charge in [-0.15, -0.1) is 10.2 Å². The molecular formula is C19H17N5O2. The molecule has 0 aliphatic carbocycles. The number of fused-ring (bicyclic) bond motifs is 2. The van der Waals surface area contributed by atoms with E-state index in [1.807, 2.05) is 41.8 Å². The van der Waals surface area contributed by atoms with Crippen molar-refractivity contribution in [3.63, 3.8) is 0 Å². The molecular weight excluding hydrogens is 330 g/mol. The number of nitrogens with zero attached hydrogens (tertiary/aromatic N) is 4. The molecule has 7 nitrogen and oxygen atoms in total. The lowest BCUT2D eigenvalue weighted by atomic mass is 10.1. The first-order chi connectivity index (χ1) is 12.6. The molecule has 0 unspecified atom stereocenters. The highest BCUT2D eigenvalue weighted by Gasteiger charge is 2.19. The van der Waals surface area contributed by atoms with Crippen LogP contribution < -0.4 is 10.9 Å². The Kier molecular flexibility index (Phi) is 3.76. The Hall–Kier alpha value is -3.48. The van der Waals surface area contributed by atoms with Gasteiger partial charge in [-0.2, -0.15) is 0 Å². The van der Waals surface area contributed by atoms with Crippen LogP contribution in [0.25, 0.3) is 16.4 Å². The second kappa shape index (κ2) is 6.11. The highest BCUT2D eigenvalue weighted by Crippen LogP contribution is 2.17. The van der Waals surface area contributed by atoms with Gasteiger partial charge in [-0.1, -0.05) is 24.3 Å². The maximum Gasteiger partial charge on any atom is 0.258 e. The average Bonchev–Trinajstić information content (AvgIpc) is 3.09. The van der Waals surface area contributed by atoms with Crippen LogP contribution in [0.15, 0.2) is 59.7 Å². The van der Waals surface area contributed by atoms with E-state index in [0.29, 0.717) is 22.2 Å². The fourth-order valence-corrected chi connectivity index (χ4v) is 3.09. The van der Waals surface area contributed by atoms with Gasteiger partial charge in [0.15, 0.2) is 11.5 Å². The van der Waals surface area contributed by atoms with E-state index in [2.05, 4.69) is 15.5 Å². The third kappa shape index (κ3) is 2.54.